The molecule has 5 nitrogen and oxygen atoms in total. The van der Waals surface area contributed by atoms with E-state index < -0.39 is 0 Å². The fourth-order valence-corrected chi connectivity index (χ4v) is 4.09. The van der Waals surface area contributed by atoms with E-state index in [0.29, 0.717) is 24.3 Å². The number of thiazole rings is 1. The summed E-state index contributed by atoms with van der Waals surface area (Å²) in [5.74, 6) is 0.0884. The lowest BCUT2D eigenvalue weighted by molar-refractivity contribution is 0.0735. The highest BCUT2D eigenvalue weighted by atomic mass is 32.1. The minimum absolute atomic E-state index is 0.0884. The number of nitrogens with two attached hydrogens (primary N) is 1. The van der Waals surface area contributed by atoms with Gasteiger partial charge in [0.05, 0.1) is 5.01 Å². The van der Waals surface area contributed by atoms with E-state index in [4.69, 9.17) is 5.73 Å². The quantitative estimate of drug-likeness (QED) is 0.902. The molecule has 2 unspecified atom stereocenters. The van der Waals surface area contributed by atoms with Crippen molar-refractivity contribution in [3.8, 4) is 0 Å². The van der Waals surface area contributed by atoms with Gasteiger partial charge in [0.25, 0.3) is 5.91 Å². The number of fused-ring (bicyclic) bond motifs is 2. The van der Waals surface area contributed by atoms with Gasteiger partial charge in [-0.25, -0.2) is 4.98 Å². The number of rotatable bonds is 3. The van der Waals surface area contributed by atoms with Crippen molar-refractivity contribution in [1.82, 2.24) is 14.8 Å². The summed E-state index contributed by atoms with van der Waals surface area (Å²) in [5.41, 5.74) is 6.13. The average molecular weight is 294 g/mol. The molecule has 0 radical (unpaired) electrons. The Hall–Kier alpha value is -0.980. The molecule has 20 heavy (non-hydrogen) atoms. The lowest BCUT2D eigenvalue weighted by atomic mass is 10.1. The number of nitrogens with zero attached hydrogens (tertiary/aromatic N) is 3. The number of hydrogen-bond donors (Lipinski definition) is 1. The molecule has 6 heteroatoms. The monoisotopic (exact) mass is 294 g/mol. The first-order valence-electron chi connectivity index (χ1n) is 7.34. The van der Waals surface area contributed by atoms with E-state index in [9.17, 15) is 4.79 Å². The Morgan fingerprint density at radius 1 is 1.45 bits per heavy atom. The third-order valence-corrected chi connectivity index (χ3v) is 5.47. The maximum absolute atomic E-state index is 12.6. The van der Waals surface area contributed by atoms with Gasteiger partial charge in [-0.05, 0) is 32.9 Å². The van der Waals surface area contributed by atoms with Gasteiger partial charge in [-0.2, -0.15) is 0 Å². The van der Waals surface area contributed by atoms with E-state index in [2.05, 4.69) is 16.9 Å². The molecule has 2 atom stereocenters. The summed E-state index contributed by atoms with van der Waals surface area (Å²) >= 11 is 1.54. The predicted molar refractivity (Wildman–Crippen MR) is 80.0 cm³/mol. The summed E-state index contributed by atoms with van der Waals surface area (Å²) < 4.78 is 0. The van der Waals surface area contributed by atoms with Crippen molar-refractivity contribution in [1.29, 1.82) is 0 Å². The molecule has 0 aliphatic carbocycles. The number of aromatic nitrogens is 1. The molecule has 2 N–H and O–H groups in total. The van der Waals surface area contributed by atoms with Gasteiger partial charge in [-0.1, -0.05) is 0 Å². The van der Waals surface area contributed by atoms with Crippen LogP contribution in [0.5, 0.6) is 0 Å². The van der Waals surface area contributed by atoms with Crippen LogP contribution in [0.2, 0.25) is 0 Å². The zero-order valence-electron chi connectivity index (χ0n) is 11.9. The van der Waals surface area contributed by atoms with Gasteiger partial charge in [0.15, 0.2) is 0 Å². The van der Waals surface area contributed by atoms with Crippen LogP contribution in [0.1, 0.15) is 34.8 Å². The summed E-state index contributed by atoms with van der Waals surface area (Å²) in [7, 11) is 2.19. The van der Waals surface area contributed by atoms with Crippen molar-refractivity contribution in [2.75, 3.05) is 26.7 Å². The van der Waals surface area contributed by atoms with Crippen LogP contribution in [0.25, 0.3) is 0 Å². The van der Waals surface area contributed by atoms with Crippen molar-refractivity contribution in [2.24, 2.45) is 5.73 Å². The number of carbonyl (C=O) groups is 1. The first-order valence-corrected chi connectivity index (χ1v) is 8.22. The number of likely N-dealkylation sites (N-methyl/N-ethyl adjacent to an activating group) is 1. The predicted octanol–water partition coefficient (Wildman–Crippen LogP) is 0.953. The molecule has 1 aromatic heterocycles. The second kappa shape index (κ2) is 5.79. The molecule has 3 rings (SSSR count). The minimum atomic E-state index is 0.0884. The molecular weight excluding hydrogens is 272 g/mol. The Bertz CT molecular complexity index is 489. The van der Waals surface area contributed by atoms with E-state index in [1.165, 1.54) is 24.2 Å². The molecule has 2 saturated heterocycles. The van der Waals surface area contributed by atoms with Crippen LogP contribution in [0, 0.1) is 0 Å². The first kappa shape index (κ1) is 14.0. The third-order valence-electron chi connectivity index (χ3n) is 4.56. The van der Waals surface area contributed by atoms with E-state index in [0.717, 1.165) is 30.9 Å². The molecular formula is C14H22N4OS. The van der Waals surface area contributed by atoms with Crippen LogP contribution < -0.4 is 5.73 Å². The van der Waals surface area contributed by atoms with Crippen molar-refractivity contribution in [2.45, 2.75) is 37.8 Å². The SMILES string of the molecule is CN1C2CCC1CN(C(=O)c1csc(CCN)n1)CC2. The number of carbonyl (C=O) groups excluding carboxylic acids is 1. The molecule has 2 aliphatic rings. The van der Waals surface area contributed by atoms with Crippen LogP contribution in [0.4, 0.5) is 0 Å². The van der Waals surface area contributed by atoms with Gasteiger partial charge in [-0.15, -0.1) is 11.3 Å². The lowest BCUT2D eigenvalue weighted by Gasteiger charge is -2.25. The Labute approximate surface area is 123 Å². The van der Waals surface area contributed by atoms with E-state index in [1.54, 1.807) is 0 Å². The molecule has 0 spiro atoms. The molecule has 1 aromatic rings. The second-order valence-electron chi connectivity index (χ2n) is 5.76. The lowest BCUT2D eigenvalue weighted by Crippen LogP contribution is -2.39. The molecule has 2 bridgehead atoms. The minimum Gasteiger partial charge on any atom is -0.336 e. The Balaban J connectivity index is 1.70. The first-order chi connectivity index (χ1) is 9.69. The van der Waals surface area contributed by atoms with E-state index >= 15 is 0 Å². The second-order valence-corrected chi connectivity index (χ2v) is 6.70. The third kappa shape index (κ3) is 2.60. The van der Waals surface area contributed by atoms with E-state index in [1.807, 2.05) is 10.3 Å². The fraction of sp³-hybridized carbons (Fsp3) is 0.714. The van der Waals surface area contributed by atoms with Crippen molar-refractivity contribution in [3.05, 3.63) is 16.1 Å². The number of amides is 1. The number of likely N-dealkylation sites (tertiary alicyclic amines) is 1. The summed E-state index contributed by atoms with van der Waals surface area (Å²) in [5, 5.41) is 2.84. The summed E-state index contributed by atoms with van der Waals surface area (Å²) in [6.07, 6.45) is 4.32. The van der Waals surface area contributed by atoms with Gasteiger partial charge < -0.3 is 10.6 Å². The standard InChI is InChI=1S/C14H22N4OS/c1-17-10-2-3-11(17)8-18(7-5-10)14(19)12-9-20-13(16-12)4-6-15/h9-11H,2-8,15H2,1H3. The zero-order valence-corrected chi connectivity index (χ0v) is 12.7. The Morgan fingerprint density at radius 3 is 3.05 bits per heavy atom. The van der Waals surface area contributed by atoms with Crippen molar-refractivity contribution >= 4 is 17.2 Å². The van der Waals surface area contributed by atoms with Gasteiger partial charge >= 0.3 is 0 Å². The van der Waals surface area contributed by atoms with Crippen LogP contribution in [0.3, 0.4) is 0 Å². The summed E-state index contributed by atoms with van der Waals surface area (Å²) in [6, 6.07) is 1.18. The molecule has 0 saturated carbocycles. The smallest absolute Gasteiger partial charge is 0.273 e. The zero-order chi connectivity index (χ0) is 14.1. The topological polar surface area (TPSA) is 62.5 Å². The van der Waals surface area contributed by atoms with Crippen LogP contribution in [-0.4, -0.2) is 59.5 Å². The van der Waals surface area contributed by atoms with Gasteiger partial charge in [0, 0.05) is 37.0 Å². The largest absolute Gasteiger partial charge is 0.336 e. The molecule has 2 fully saturated rings. The summed E-state index contributed by atoms with van der Waals surface area (Å²) in [4.78, 5) is 21.4. The summed E-state index contributed by atoms with van der Waals surface area (Å²) in [6.45, 7) is 2.28. The van der Waals surface area contributed by atoms with Crippen molar-refractivity contribution in [3.63, 3.8) is 0 Å². The van der Waals surface area contributed by atoms with E-state index in [-0.39, 0.29) is 5.91 Å². The van der Waals surface area contributed by atoms with Crippen LogP contribution in [0.15, 0.2) is 5.38 Å². The molecule has 2 aliphatic heterocycles. The van der Waals surface area contributed by atoms with Gasteiger partial charge in [-0.3, -0.25) is 9.69 Å². The van der Waals surface area contributed by atoms with Gasteiger partial charge in [0.1, 0.15) is 5.69 Å². The molecule has 3 heterocycles. The normalized spacial score (nSPS) is 26.8. The maximum atomic E-state index is 12.6. The fourth-order valence-electron chi connectivity index (χ4n) is 3.30. The Morgan fingerprint density at radius 2 is 2.25 bits per heavy atom. The van der Waals surface area contributed by atoms with Crippen LogP contribution >= 0.6 is 11.3 Å². The van der Waals surface area contributed by atoms with Crippen molar-refractivity contribution < 1.29 is 4.79 Å². The molecule has 0 aromatic carbocycles. The molecule has 110 valence electrons. The van der Waals surface area contributed by atoms with Crippen LogP contribution in [-0.2, 0) is 6.42 Å². The highest BCUT2D eigenvalue weighted by molar-refractivity contribution is 7.09. The highest BCUT2D eigenvalue weighted by Gasteiger charge is 2.36. The highest BCUT2D eigenvalue weighted by Crippen LogP contribution is 2.29. The van der Waals surface area contributed by atoms with Gasteiger partial charge in [0.2, 0.25) is 0 Å². The maximum Gasteiger partial charge on any atom is 0.273 e. The number of hydrogen-bond acceptors (Lipinski definition) is 5. The Kier molecular flexibility index (Phi) is 4.05. The average Bonchev–Trinajstić information content (AvgIpc) is 2.96. The molecule has 1 amide bonds.